The monoisotopic (exact) mass is 412 g/mol. The van der Waals surface area contributed by atoms with Crippen molar-refractivity contribution in [3.8, 4) is 11.3 Å². The molecule has 2 aromatic carbocycles. The minimum Gasteiger partial charge on any atom is -0.462 e. The average Bonchev–Trinajstić information content (AvgIpc) is 3.12. The number of esters is 1. The molecular formula is C22H21ClN2O4. The van der Waals surface area contributed by atoms with Crippen LogP contribution in [0.15, 0.2) is 53.1 Å². The Bertz CT molecular complexity index is 1010. The molecule has 0 radical (unpaired) electrons. The Balaban J connectivity index is 1.93. The number of anilines is 1. The van der Waals surface area contributed by atoms with Crippen LogP contribution in [0, 0.1) is 0 Å². The Morgan fingerprint density at radius 3 is 2.34 bits per heavy atom. The number of carbonyl (C=O) groups is 2. The molecule has 3 rings (SSSR count). The standard InChI is InChI=1S/C22H21ClN2O4/c1-4-28-22(27)18-19(15-9-11-17(23)12-10-15)25-29-21(18)24-20(26)16-7-5-14(6-8-16)13(2)3/h5-13H,4H2,1-3H3,(H,24,26). The van der Waals surface area contributed by atoms with E-state index in [1.54, 1.807) is 43.3 Å². The molecule has 1 amide bonds. The Morgan fingerprint density at radius 1 is 1.10 bits per heavy atom. The van der Waals surface area contributed by atoms with E-state index in [0.717, 1.165) is 5.56 Å². The zero-order valence-electron chi connectivity index (χ0n) is 16.4. The number of nitrogens with one attached hydrogen (secondary N) is 1. The van der Waals surface area contributed by atoms with Crippen LogP contribution >= 0.6 is 11.6 Å². The molecule has 1 N–H and O–H groups in total. The van der Waals surface area contributed by atoms with Gasteiger partial charge < -0.3 is 9.26 Å². The number of amides is 1. The summed E-state index contributed by atoms with van der Waals surface area (Å²) in [5.74, 6) is -0.751. The SMILES string of the molecule is CCOC(=O)c1c(-c2ccc(Cl)cc2)noc1NC(=O)c1ccc(C(C)C)cc1. The van der Waals surface area contributed by atoms with Gasteiger partial charge >= 0.3 is 5.97 Å². The van der Waals surface area contributed by atoms with Crippen LogP contribution in [-0.4, -0.2) is 23.6 Å². The van der Waals surface area contributed by atoms with E-state index in [2.05, 4.69) is 24.3 Å². The van der Waals surface area contributed by atoms with Crippen LogP contribution in [0.1, 0.15) is 53.0 Å². The first-order valence-electron chi connectivity index (χ1n) is 9.24. The lowest BCUT2D eigenvalue weighted by atomic mass is 10.0. The summed E-state index contributed by atoms with van der Waals surface area (Å²) in [6.45, 7) is 6.02. The summed E-state index contributed by atoms with van der Waals surface area (Å²) in [5.41, 5.74) is 2.50. The molecule has 3 aromatic rings. The number of rotatable bonds is 6. The van der Waals surface area contributed by atoms with Crippen molar-refractivity contribution in [3.05, 3.63) is 70.2 Å². The van der Waals surface area contributed by atoms with E-state index >= 15 is 0 Å². The molecule has 0 saturated carbocycles. The molecule has 0 fully saturated rings. The quantitative estimate of drug-likeness (QED) is 0.537. The average molecular weight is 413 g/mol. The number of halogens is 1. The number of carbonyl (C=O) groups excluding carboxylic acids is 2. The second kappa shape index (κ2) is 8.92. The third-order valence-corrected chi connectivity index (χ3v) is 4.61. The molecule has 0 atom stereocenters. The fraction of sp³-hybridized carbons (Fsp3) is 0.227. The van der Waals surface area contributed by atoms with Gasteiger partial charge in [0.25, 0.3) is 5.91 Å². The van der Waals surface area contributed by atoms with Gasteiger partial charge in [-0.15, -0.1) is 0 Å². The number of hydrogen-bond donors (Lipinski definition) is 1. The van der Waals surface area contributed by atoms with Gasteiger partial charge in [0.1, 0.15) is 5.69 Å². The highest BCUT2D eigenvalue weighted by Crippen LogP contribution is 2.31. The zero-order valence-corrected chi connectivity index (χ0v) is 17.1. The van der Waals surface area contributed by atoms with Crippen molar-refractivity contribution in [1.29, 1.82) is 0 Å². The predicted octanol–water partition coefficient (Wildman–Crippen LogP) is 5.55. The summed E-state index contributed by atoms with van der Waals surface area (Å²) in [6, 6.07) is 14.0. The minimum atomic E-state index is -0.635. The number of ether oxygens (including phenoxy) is 1. The fourth-order valence-electron chi connectivity index (χ4n) is 2.77. The molecular weight excluding hydrogens is 392 g/mol. The lowest BCUT2D eigenvalue weighted by Gasteiger charge is -2.08. The lowest BCUT2D eigenvalue weighted by Crippen LogP contribution is -2.15. The summed E-state index contributed by atoms with van der Waals surface area (Å²) in [6.07, 6.45) is 0. The van der Waals surface area contributed by atoms with Crippen molar-refractivity contribution in [2.75, 3.05) is 11.9 Å². The maximum absolute atomic E-state index is 12.6. The molecule has 1 aromatic heterocycles. The molecule has 0 bridgehead atoms. The van der Waals surface area contributed by atoms with Gasteiger partial charge in [-0.25, -0.2) is 4.79 Å². The Labute approximate surface area is 173 Å². The lowest BCUT2D eigenvalue weighted by molar-refractivity contribution is 0.0528. The third kappa shape index (κ3) is 4.66. The largest absolute Gasteiger partial charge is 0.462 e. The highest BCUT2D eigenvalue weighted by atomic mass is 35.5. The fourth-order valence-corrected chi connectivity index (χ4v) is 2.89. The van der Waals surface area contributed by atoms with E-state index in [1.807, 2.05) is 12.1 Å². The molecule has 150 valence electrons. The second-order valence-corrected chi connectivity index (χ2v) is 7.13. The first-order valence-corrected chi connectivity index (χ1v) is 9.62. The van der Waals surface area contributed by atoms with Crippen molar-refractivity contribution < 1.29 is 18.8 Å². The number of benzene rings is 2. The summed E-state index contributed by atoms with van der Waals surface area (Å²) in [7, 11) is 0. The first-order chi connectivity index (χ1) is 13.9. The Morgan fingerprint density at radius 2 is 1.76 bits per heavy atom. The van der Waals surface area contributed by atoms with Crippen molar-refractivity contribution in [2.45, 2.75) is 26.7 Å². The minimum absolute atomic E-state index is 0.0568. The van der Waals surface area contributed by atoms with E-state index in [4.69, 9.17) is 20.9 Å². The van der Waals surface area contributed by atoms with Gasteiger partial charge in [0.15, 0.2) is 5.56 Å². The van der Waals surface area contributed by atoms with E-state index in [9.17, 15) is 9.59 Å². The second-order valence-electron chi connectivity index (χ2n) is 6.69. The van der Waals surface area contributed by atoms with Gasteiger partial charge in [0.2, 0.25) is 5.88 Å². The van der Waals surface area contributed by atoms with Crippen LogP contribution in [0.25, 0.3) is 11.3 Å². The van der Waals surface area contributed by atoms with Crippen LogP contribution in [0.2, 0.25) is 5.02 Å². The smallest absolute Gasteiger partial charge is 0.346 e. The summed E-state index contributed by atoms with van der Waals surface area (Å²) in [5, 5.41) is 7.14. The molecule has 0 aliphatic carbocycles. The number of hydrogen-bond acceptors (Lipinski definition) is 5. The summed E-state index contributed by atoms with van der Waals surface area (Å²) >= 11 is 5.93. The van der Waals surface area contributed by atoms with Crippen LogP contribution in [0.4, 0.5) is 5.88 Å². The molecule has 0 unspecified atom stereocenters. The van der Waals surface area contributed by atoms with Gasteiger partial charge in [0.05, 0.1) is 6.61 Å². The maximum atomic E-state index is 12.6. The van der Waals surface area contributed by atoms with E-state index in [-0.39, 0.29) is 23.7 Å². The summed E-state index contributed by atoms with van der Waals surface area (Å²) in [4.78, 5) is 25.2. The number of nitrogens with zero attached hydrogens (tertiary/aromatic N) is 1. The van der Waals surface area contributed by atoms with Crippen molar-refractivity contribution in [3.63, 3.8) is 0 Å². The van der Waals surface area contributed by atoms with Gasteiger partial charge in [-0.1, -0.05) is 54.9 Å². The topological polar surface area (TPSA) is 81.4 Å². The van der Waals surface area contributed by atoms with Gasteiger partial charge in [-0.2, -0.15) is 0 Å². The Kier molecular flexibility index (Phi) is 6.34. The molecule has 0 aliphatic rings. The highest BCUT2D eigenvalue weighted by molar-refractivity contribution is 6.30. The number of aromatic nitrogens is 1. The summed E-state index contributed by atoms with van der Waals surface area (Å²) < 4.78 is 10.4. The molecule has 29 heavy (non-hydrogen) atoms. The normalized spacial score (nSPS) is 10.8. The third-order valence-electron chi connectivity index (χ3n) is 4.36. The molecule has 0 saturated heterocycles. The van der Waals surface area contributed by atoms with Gasteiger partial charge in [0, 0.05) is 16.1 Å². The van der Waals surface area contributed by atoms with Gasteiger partial charge in [-0.3, -0.25) is 10.1 Å². The van der Waals surface area contributed by atoms with Crippen LogP contribution < -0.4 is 5.32 Å². The van der Waals surface area contributed by atoms with Crippen molar-refractivity contribution in [2.24, 2.45) is 0 Å². The molecule has 0 spiro atoms. The van der Waals surface area contributed by atoms with Gasteiger partial charge in [-0.05, 0) is 42.7 Å². The molecule has 6 nitrogen and oxygen atoms in total. The first kappa shape index (κ1) is 20.6. The molecule has 7 heteroatoms. The predicted molar refractivity (Wildman–Crippen MR) is 111 cm³/mol. The Hall–Kier alpha value is -3.12. The van der Waals surface area contributed by atoms with Crippen LogP contribution in [-0.2, 0) is 4.74 Å². The van der Waals surface area contributed by atoms with Crippen molar-refractivity contribution in [1.82, 2.24) is 5.16 Å². The molecule has 1 heterocycles. The van der Waals surface area contributed by atoms with Crippen LogP contribution in [0.3, 0.4) is 0 Å². The highest BCUT2D eigenvalue weighted by Gasteiger charge is 2.27. The van der Waals surface area contributed by atoms with E-state index in [1.165, 1.54) is 0 Å². The molecule has 0 aliphatic heterocycles. The van der Waals surface area contributed by atoms with E-state index < -0.39 is 11.9 Å². The zero-order chi connectivity index (χ0) is 21.0. The van der Waals surface area contributed by atoms with E-state index in [0.29, 0.717) is 22.1 Å². The maximum Gasteiger partial charge on any atom is 0.346 e. The van der Waals surface area contributed by atoms with Crippen molar-refractivity contribution >= 4 is 29.4 Å². The van der Waals surface area contributed by atoms with Crippen LogP contribution in [0.5, 0.6) is 0 Å².